The fourth-order valence-electron chi connectivity index (χ4n) is 3.26. The molecule has 154 valence electrons. The summed E-state index contributed by atoms with van der Waals surface area (Å²) in [6.45, 7) is 3.52. The molecule has 0 aromatic heterocycles. The van der Waals surface area contributed by atoms with Gasteiger partial charge in [-0.25, -0.2) is 4.79 Å². The van der Waals surface area contributed by atoms with Crippen LogP contribution in [0.5, 0.6) is 0 Å². The van der Waals surface area contributed by atoms with Crippen LogP contribution >= 0.6 is 0 Å². The molecule has 2 amide bonds. The van der Waals surface area contributed by atoms with E-state index in [4.69, 9.17) is 4.74 Å². The second kappa shape index (κ2) is 10.6. The number of hydrogen-bond acceptors (Lipinski definition) is 5. The van der Waals surface area contributed by atoms with E-state index in [1.54, 1.807) is 0 Å². The van der Waals surface area contributed by atoms with Gasteiger partial charge in [0, 0.05) is 19.3 Å². The highest BCUT2D eigenvalue weighted by Crippen LogP contribution is 2.12. The zero-order chi connectivity index (χ0) is 20.5. The Bertz CT molecular complexity index is 779. The summed E-state index contributed by atoms with van der Waals surface area (Å²) in [7, 11) is 0. The van der Waals surface area contributed by atoms with Crippen LogP contribution in [0.2, 0.25) is 0 Å². The fraction of sp³-hybridized carbons (Fsp3) is 0.364. The van der Waals surface area contributed by atoms with Crippen molar-refractivity contribution in [2.75, 3.05) is 13.2 Å². The van der Waals surface area contributed by atoms with Crippen molar-refractivity contribution in [1.82, 2.24) is 21.3 Å². The lowest BCUT2D eigenvalue weighted by molar-refractivity contribution is -0.124. The first-order valence-corrected chi connectivity index (χ1v) is 9.88. The second-order valence-corrected chi connectivity index (χ2v) is 7.17. The van der Waals surface area contributed by atoms with Gasteiger partial charge in [0.15, 0.2) is 0 Å². The van der Waals surface area contributed by atoms with Crippen LogP contribution in [0.4, 0.5) is 4.79 Å². The first-order valence-electron chi connectivity index (χ1n) is 9.88. The van der Waals surface area contributed by atoms with E-state index in [0.29, 0.717) is 13.1 Å². The molecular formula is C22H28N4O3. The molecule has 4 N–H and O–H groups in total. The number of carbonyl (C=O) groups excluding carboxylic acids is 2. The Hall–Kier alpha value is -2.90. The molecule has 0 radical (unpaired) electrons. The smallest absolute Gasteiger partial charge is 0.408 e. The van der Waals surface area contributed by atoms with Gasteiger partial charge in [0.05, 0.1) is 6.04 Å². The lowest BCUT2D eigenvalue weighted by Gasteiger charge is -2.23. The molecule has 0 saturated carbocycles. The number of amides is 2. The largest absolute Gasteiger partial charge is 0.445 e. The summed E-state index contributed by atoms with van der Waals surface area (Å²) < 4.78 is 5.30. The monoisotopic (exact) mass is 396 g/mol. The molecule has 1 aliphatic rings. The summed E-state index contributed by atoms with van der Waals surface area (Å²) in [5, 5.41) is 12.2. The fourth-order valence-corrected chi connectivity index (χ4v) is 3.26. The minimum absolute atomic E-state index is 0.104. The van der Waals surface area contributed by atoms with Gasteiger partial charge in [-0.1, -0.05) is 60.7 Å². The lowest BCUT2D eigenvalue weighted by Crippen LogP contribution is -2.50. The minimum Gasteiger partial charge on any atom is -0.445 e. The average Bonchev–Trinajstić information content (AvgIpc) is 3.26. The van der Waals surface area contributed by atoms with Gasteiger partial charge in [-0.15, -0.1) is 0 Å². The van der Waals surface area contributed by atoms with Crippen molar-refractivity contribution < 1.29 is 14.3 Å². The van der Waals surface area contributed by atoms with Gasteiger partial charge in [-0.2, -0.15) is 0 Å². The molecule has 3 rings (SSSR count). The molecular weight excluding hydrogens is 368 g/mol. The number of ether oxygens (including phenoxy) is 1. The predicted molar refractivity (Wildman–Crippen MR) is 111 cm³/mol. The topological polar surface area (TPSA) is 91.5 Å². The standard InChI is InChI=1S/C22H28N4O3/c1-16(18-10-6-3-7-11-18)25-21(27)20(12-19-13-23-15-24-19)26-22(28)29-14-17-8-4-2-5-9-17/h2-11,16,19-20,23-24H,12-15H2,1H3,(H,25,27)(H,26,28)/t16-,19?,20-/m1/s1. The van der Waals surface area contributed by atoms with Gasteiger partial charge in [-0.3, -0.25) is 4.79 Å². The molecule has 7 nitrogen and oxygen atoms in total. The second-order valence-electron chi connectivity index (χ2n) is 7.17. The van der Waals surface area contributed by atoms with Crippen molar-refractivity contribution in [1.29, 1.82) is 0 Å². The molecule has 1 saturated heterocycles. The van der Waals surface area contributed by atoms with Crippen molar-refractivity contribution in [3.8, 4) is 0 Å². The normalized spacial score (nSPS) is 17.9. The van der Waals surface area contributed by atoms with Crippen LogP contribution in [-0.2, 0) is 16.1 Å². The Morgan fingerprint density at radius 1 is 1.07 bits per heavy atom. The molecule has 0 spiro atoms. The third-order valence-electron chi connectivity index (χ3n) is 4.91. The summed E-state index contributed by atoms with van der Waals surface area (Å²) in [5.74, 6) is -0.230. The highest BCUT2D eigenvalue weighted by molar-refractivity contribution is 5.86. The quantitative estimate of drug-likeness (QED) is 0.548. The van der Waals surface area contributed by atoms with Crippen LogP contribution in [0, 0.1) is 0 Å². The van der Waals surface area contributed by atoms with E-state index in [1.807, 2.05) is 67.6 Å². The highest BCUT2D eigenvalue weighted by atomic mass is 16.5. The lowest BCUT2D eigenvalue weighted by atomic mass is 10.0. The van der Waals surface area contributed by atoms with E-state index in [0.717, 1.165) is 17.7 Å². The number of carbonyl (C=O) groups is 2. The van der Waals surface area contributed by atoms with E-state index >= 15 is 0 Å². The van der Waals surface area contributed by atoms with Crippen LogP contribution in [-0.4, -0.2) is 37.3 Å². The van der Waals surface area contributed by atoms with Crippen molar-refractivity contribution in [3.05, 3.63) is 71.8 Å². The summed E-state index contributed by atoms with van der Waals surface area (Å²) in [4.78, 5) is 25.2. The Kier molecular flexibility index (Phi) is 7.61. The van der Waals surface area contributed by atoms with Gasteiger partial charge in [-0.05, 0) is 24.5 Å². The van der Waals surface area contributed by atoms with Crippen molar-refractivity contribution in [3.63, 3.8) is 0 Å². The summed E-state index contributed by atoms with van der Waals surface area (Å²) >= 11 is 0. The van der Waals surface area contributed by atoms with Gasteiger partial charge in [0.25, 0.3) is 0 Å². The van der Waals surface area contributed by atoms with Crippen molar-refractivity contribution in [2.24, 2.45) is 0 Å². The zero-order valence-corrected chi connectivity index (χ0v) is 16.6. The summed E-state index contributed by atoms with van der Waals surface area (Å²) in [6.07, 6.45) is -0.131. The molecule has 29 heavy (non-hydrogen) atoms. The summed E-state index contributed by atoms with van der Waals surface area (Å²) in [6, 6.07) is 18.4. The van der Waals surface area contributed by atoms with E-state index < -0.39 is 12.1 Å². The highest BCUT2D eigenvalue weighted by Gasteiger charge is 2.27. The number of nitrogens with one attached hydrogen (secondary N) is 4. The Balaban J connectivity index is 1.58. The molecule has 2 aromatic rings. The Labute approximate surface area is 171 Å². The van der Waals surface area contributed by atoms with Crippen LogP contribution in [0.1, 0.15) is 30.5 Å². The molecule has 1 fully saturated rings. The maximum absolute atomic E-state index is 12.9. The summed E-state index contributed by atoms with van der Waals surface area (Å²) in [5.41, 5.74) is 1.90. The first kappa shape index (κ1) is 20.8. The number of hydrogen-bond donors (Lipinski definition) is 4. The van der Waals surface area contributed by atoms with Crippen LogP contribution in [0.15, 0.2) is 60.7 Å². The number of rotatable bonds is 8. The van der Waals surface area contributed by atoms with Crippen molar-refractivity contribution in [2.45, 2.75) is 38.1 Å². The Morgan fingerprint density at radius 2 is 1.76 bits per heavy atom. The predicted octanol–water partition coefficient (Wildman–Crippen LogP) is 2.07. The molecule has 7 heteroatoms. The molecule has 1 aliphatic heterocycles. The minimum atomic E-state index is -0.693. The Morgan fingerprint density at radius 3 is 2.41 bits per heavy atom. The molecule has 1 unspecified atom stereocenters. The first-order chi connectivity index (χ1) is 14.1. The van der Waals surface area contributed by atoms with Crippen LogP contribution in [0.25, 0.3) is 0 Å². The van der Waals surface area contributed by atoms with E-state index in [9.17, 15) is 9.59 Å². The van der Waals surface area contributed by atoms with Gasteiger partial charge in [0.1, 0.15) is 12.6 Å². The molecule has 2 aromatic carbocycles. The maximum atomic E-state index is 12.9. The number of alkyl carbamates (subject to hydrolysis) is 1. The van der Waals surface area contributed by atoms with Gasteiger partial charge < -0.3 is 26.0 Å². The van der Waals surface area contributed by atoms with E-state index in [-0.39, 0.29) is 24.6 Å². The van der Waals surface area contributed by atoms with Gasteiger partial charge >= 0.3 is 6.09 Å². The molecule has 0 aliphatic carbocycles. The molecule has 3 atom stereocenters. The third-order valence-corrected chi connectivity index (χ3v) is 4.91. The number of benzene rings is 2. The van der Waals surface area contributed by atoms with E-state index in [2.05, 4.69) is 21.3 Å². The van der Waals surface area contributed by atoms with Gasteiger partial charge in [0.2, 0.25) is 5.91 Å². The average molecular weight is 396 g/mol. The molecule has 1 heterocycles. The SMILES string of the molecule is C[C@@H](NC(=O)[C@@H](CC1CNCN1)NC(=O)OCc1ccccc1)c1ccccc1. The third kappa shape index (κ3) is 6.58. The van der Waals surface area contributed by atoms with Crippen molar-refractivity contribution >= 4 is 12.0 Å². The van der Waals surface area contributed by atoms with Crippen LogP contribution < -0.4 is 21.3 Å². The zero-order valence-electron chi connectivity index (χ0n) is 16.6. The van der Waals surface area contributed by atoms with Crippen LogP contribution in [0.3, 0.4) is 0 Å². The maximum Gasteiger partial charge on any atom is 0.408 e. The molecule has 0 bridgehead atoms. The van der Waals surface area contributed by atoms with E-state index in [1.165, 1.54) is 0 Å².